The second-order valence-corrected chi connectivity index (χ2v) is 4.90. The smallest absolute Gasteiger partial charge is 0.140 e. The van der Waals surface area contributed by atoms with Gasteiger partial charge >= 0.3 is 0 Å². The maximum Gasteiger partial charge on any atom is 0.140 e. The highest BCUT2D eigenvalue weighted by Gasteiger charge is 2.13. The van der Waals surface area contributed by atoms with E-state index in [0.29, 0.717) is 21.4 Å². The van der Waals surface area contributed by atoms with E-state index in [0.717, 1.165) is 0 Å². The Morgan fingerprint density at radius 3 is 2.68 bits per heavy atom. The van der Waals surface area contributed by atoms with Crippen LogP contribution in [0.3, 0.4) is 0 Å². The van der Waals surface area contributed by atoms with Crippen molar-refractivity contribution in [1.82, 2.24) is 9.38 Å². The maximum atomic E-state index is 13.5. The molecule has 2 heterocycles. The minimum Gasteiger partial charge on any atom is -0.383 e. The van der Waals surface area contributed by atoms with Crippen LogP contribution in [0.2, 0.25) is 0 Å². The van der Waals surface area contributed by atoms with Gasteiger partial charge < -0.3 is 5.73 Å². The molecule has 19 heavy (non-hydrogen) atoms. The van der Waals surface area contributed by atoms with Crippen LogP contribution in [0.5, 0.6) is 0 Å². The molecule has 3 nitrogen and oxygen atoms in total. The summed E-state index contributed by atoms with van der Waals surface area (Å²) in [7, 11) is 0. The number of nitrogens with zero attached hydrogens (tertiary/aromatic N) is 2. The number of anilines is 1. The molecule has 0 saturated carbocycles. The Morgan fingerprint density at radius 2 is 1.95 bits per heavy atom. The second-order valence-electron chi connectivity index (χ2n) is 4.05. The number of halogens is 3. The van der Waals surface area contributed by atoms with Gasteiger partial charge in [0, 0.05) is 11.8 Å². The Hall–Kier alpha value is -1.95. The van der Waals surface area contributed by atoms with E-state index in [4.69, 9.17) is 5.73 Å². The molecule has 6 heteroatoms. The average molecular weight is 324 g/mol. The largest absolute Gasteiger partial charge is 0.383 e. The van der Waals surface area contributed by atoms with Gasteiger partial charge in [-0.25, -0.2) is 13.8 Å². The summed E-state index contributed by atoms with van der Waals surface area (Å²) in [6.07, 6.45) is 1.25. The van der Waals surface area contributed by atoms with E-state index in [2.05, 4.69) is 20.9 Å². The van der Waals surface area contributed by atoms with Gasteiger partial charge in [-0.2, -0.15) is 0 Å². The summed E-state index contributed by atoms with van der Waals surface area (Å²) in [5.41, 5.74) is 7.41. The lowest BCUT2D eigenvalue weighted by Gasteiger charge is -2.01. The molecule has 96 valence electrons. The second kappa shape index (κ2) is 4.31. The molecule has 0 unspecified atom stereocenters. The van der Waals surface area contributed by atoms with Crippen LogP contribution in [0.15, 0.2) is 41.0 Å². The number of nitrogen functional groups attached to an aromatic ring is 1. The van der Waals surface area contributed by atoms with Gasteiger partial charge in [-0.15, -0.1) is 0 Å². The Morgan fingerprint density at radius 1 is 1.16 bits per heavy atom. The molecule has 2 aromatic heterocycles. The Labute approximate surface area is 115 Å². The van der Waals surface area contributed by atoms with Crippen molar-refractivity contribution >= 4 is 27.4 Å². The first-order chi connectivity index (χ1) is 9.06. The highest BCUT2D eigenvalue weighted by atomic mass is 79.9. The number of pyridine rings is 1. The van der Waals surface area contributed by atoms with Crippen molar-refractivity contribution in [3.05, 3.63) is 52.6 Å². The molecule has 0 atom stereocenters. The molecule has 0 saturated heterocycles. The topological polar surface area (TPSA) is 43.3 Å². The lowest BCUT2D eigenvalue weighted by atomic mass is 10.1. The van der Waals surface area contributed by atoms with Crippen molar-refractivity contribution in [3.8, 4) is 11.3 Å². The van der Waals surface area contributed by atoms with Crippen LogP contribution in [-0.4, -0.2) is 9.38 Å². The standard InChI is InChI=1S/C13H8BrF2N3/c14-9-3-1-7(5-10(9)16)12-13(17)19-6-8(15)2-4-11(19)18-12/h1-6H,17H2. The van der Waals surface area contributed by atoms with Gasteiger partial charge in [-0.3, -0.25) is 4.40 Å². The molecular weight excluding hydrogens is 316 g/mol. The van der Waals surface area contributed by atoms with Gasteiger partial charge in [-0.05, 0) is 40.2 Å². The minimum absolute atomic E-state index is 0.274. The third kappa shape index (κ3) is 1.98. The highest BCUT2D eigenvalue weighted by Crippen LogP contribution is 2.29. The molecule has 1 aromatic carbocycles. The molecule has 0 spiro atoms. The van der Waals surface area contributed by atoms with E-state index in [1.54, 1.807) is 12.1 Å². The van der Waals surface area contributed by atoms with Gasteiger partial charge in [0.2, 0.25) is 0 Å². The Bertz CT molecular complexity index is 783. The van der Waals surface area contributed by atoms with Crippen LogP contribution in [0.25, 0.3) is 16.9 Å². The van der Waals surface area contributed by atoms with Crippen LogP contribution in [0.4, 0.5) is 14.6 Å². The van der Waals surface area contributed by atoms with Gasteiger partial charge in [0.25, 0.3) is 0 Å². The summed E-state index contributed by atoms with van der Waals surface area (Å²) in [4.78, 5) is 4.28. The predicted molar refractivity (Wildman–Crippen MR) is 72.7 cm³/mol. The lowest BCUT2D eigenvalue weighted by molar-refractivity contribution is 0.619. The summed E-state index contributed by atoms with van der Waals surface area (Å²) in [5.74, 6) is -0.540. The molecular formula is C13H8BrF2N3. The molecule has 2 N–H and O–H groups in total. The first-order valence-corrected chi connectivity index (χ1v) is 6.24. The summed E-state index contributed by atoms with van der Waals surface area (Å²) >= 11 is 3.08. The number of fused-ring (bicyclic) bond motifs is 1. The SMILES string of the molecule is Nc1c(-c2ccc(Br)c(F)c2)nc2ccc(F)cn12. The van der Waals surface area contributed by atoms with Crippen molar-refractivity contribution in [1.29, 1.82) is 0 Å². The van der Waals surface area contributed by atoms with Gasteiger partial charge in [0.15, 0.2) is 0 Å². The normalized spacial score (nSPS) is 11.1. The average Bonchev–Trinajstić information content (AvgIpc) is 2.70. The molecule has 3 aromatic rings. The van der Waals surface area contributed by atoms with E-state index in [-0.39, 0.29) is 5.82 Å². The fraction of sp³-hybridized carbons (Fsp3) is 0. The molecule has 0 aliphatic heterocycles. The number of rotatable bonds is 1. The van der Waals surface area contributed by atoms with Crippen LogP contribution in [0, 0.1) is 11.6 Å². The Kier molecular flexibility index (Phi) is 2.74. The van der Waals surface area contributed by atoms with Crippen molar-refractivity contribution in [2.45, 2.75) is 0 Å². The van der Waals surface area contributed by atoms with Crippen LogP contribution in [-0.2, 0) is 0 Å². The number of nitrogens with two attached hydrogens (primary N) is 1. The molecule has 0 radical (unpaired) electrons. The van der Waals surface area contributed by atoms with E-state index < -0.39 is 11.6 Å². The van der Waals surface area contributed by atoms with Crippen LogP contribution < -0.4 is 5.73 Å². The number of benzene rings is 1. The molecule has 0 amide bonds. The lowest BCUT2D eigenvalue weighted by Crippen LogP contribution is -1.95. The van der Waals surface area contributed by atoms with E-state index in [9.17, 15) is 8.78 Å². The van der Waals surface area contributed by atoms with Gasteiger partial charge in [0.05, 0.1) is 4.47 Å². The molecule has 3 rings (SSSR count). The van der Waals surface area contributed by atoms with Gasteiger partial charge in [-0.1, -0.05) is 6.07 Å². The van der Waals surface area contributed by atoms with E-state index in [1.807, 2.05) is 0 Å². The molecule has 0 bridgehead atoms. The number of hydrogen-bond acceptors (Lipinski definition) is 2. The molecule has 0 fully saturated rings. The van der Waals surface area contributed by atoms with Crippen molar-refractivity contribution in [3.63, 3.8) is 0 Å². The van der Waals surface area contributed by atoms with Crippen LogP contribution >= 0.6 is 15.9 Å². The summed E-state index contributed by atoms with van der Waals surface area (Å²) in [5, 5.41) is 0. The summed E-state index contributed by atoms with van der Waals surface area (Å²) < 4.78 is 28.5. The first-order valence-electron chi connectivity index (χ1n) is 5.45. The monoisotopic (exact) mass is 323 g/mol. The first kappa shape index (κ1) is 12.1. The predicted octanol–water partition coefficient (Wildman–Crippen LogP) is 3.62. The van der Waals surface area contributed by atoms with Crippen molar-refractivity contribution in [2.75, 3.05) is 5.73 Å². The fourth-order valence-corrected chi connectivity index (χ4v) is 2.14. The summed E-state index contributed by atoms with van der Waals surface area (Å²) in [6.45, 7) is 0. The zero-order valence-electron chi connectivity index (χ0n) is 9.57. The van der Waals surface area contributed by atoms with Gasteiger partial charge in [0.1, 0.15) is 28.8 Å². The molecule has 0 aliphatic carbocycles. The third-order valence-corrected chi connectivity index (χ3v) is 3.46. The van der Waals surface area contributed by atoms with Crippen molar-refractivity contribution in [2.24, 2.45) is 0 Å². The quantitative estimate of drug-likeness (QED) is 0.743. The summed E-state index contributed by atoms with van der Waals surface area (Å²) in [6, 6.07) is 7.42. The maximum absolute atomic E-state index is 13.5. The highest BCUT2D eigenvalue weighted by molar-refractivity contribution is 9.10. The zero-order chi connectivity index (χ0) is 13.6. The fourth-order valence-electron chi connectivity index (χ4n) is 1.89. The number of aromatic nitrogens is 2. The van der Waals surface area contributed by atoms with Crippen LogP contribution in [0.1, 0.15) is 0 Å². The number of hydrogen-bond donors (Lipinski definition) is 1. The zero-order valence-corrected chi connectivity index (χ0v) is 11.2. The minimum atomic E-state index is -0.412. The number of imidazole rings is 1. The Balaban J connectivity index is 2.24. The molecule has 0 aliphatic rings. The van der Waals surface area contributed by atoms with E-state index in [1.165, 1.54) is 28.8 Å². The van der Waals surface area contributed by atoms with Crippen molar-refractivity contribution < 1.29 is 8.78 Å². The van der Waals surface area contributed by atoms with E-state index >= 15 is 0 Å². The third-order valence-electron chi connectivity index (χ3n) is 2.81.